The Balaban J connectivity index is 3.07. The topological polar surface area (TPSA) is 91.7 Å². The first-order chi connectivity index (χ1) is 8.10. The highest BCUT2D eigenvalue weighted by molar-refractivity contribution is 5.79. The number of aryl methyl sites for hydroxylation is 1. The summed E-state index contributed by atoms with van der Waals surface area (Å²) in [6.07, 6.45) is 0.322. The van der Waals surface area contributed by atoms with E-state index in [0.29, 0.717) is 23.8 Å². The lowest BCUT2D eigenvalue weighted by Gasteiger charge is -2.09. The summed E-state index contributed by atoms with van der Waals surface area (Å²) in [5.74, 6) is -1.36. The molecule has 0 heterocycles. The van der Waals surface area contributed by atoms with Gasteiger partial charge in [-0.25, -0.2) is 4.79 Å². The maximum Gasteiger partial charge on any atom is 0.337 e. The van der Waals surface area contributed by atoms with Crippen molar-refractivity contribution in [3.05, 3.63) is 34.9 Å². The van der Waals surface area contributed by atoms with E-state index in [1.807, 2.05) is 0 Å². The number of aldehydes is 2. The van der Waals surface area contributed by atoms with Crippen LogP contribution in [0, 0.1) is 0 Å². The number of benzene rings is 1. The quantitative estimate of drug-likeness (QED) is 0.711. The van der Waals surface area contributed by atoms with Gasteiger partial charge < -0.3 is 15.0 Å². The largest absolute Gasteiger partial charge is 0.479 e. The van der Waals surface area contributed by atoms with Gasteiger partial charge in [0, 0.05) is 12.0 Å². The molecule has 0 aliphatic rings. The van der Waals surface area contributed by atoms with Gasteiger partial charge in [0.05, 0.1) is 0 Å². The number of carbonyl (C=O) groups excluding carboxylic acids is 2. The Kier molecular flexibility index (Phi) is 4.54. The Morgan fingerprint density at radius 2 is 2.06 bits per heavy atom. The summed E-state index contributed by atoms with van der Waals surface area (Å²) in [6.45, 7) is 0. The van der Waals surface area contributed by atoms with Crippen molar-refractivity contribution < 1.29 is 24.6 Å². The van der Waals surface area contributed by atoms with Gasteiger partial charge in [-0.15, -0.1) is 0 Å². The van der Waals surface area contributed by atoms with Crippen LogP contribution >= 0.6 is 0 Å². The van der Waals surface area contributed by atoms with Crippen LogP contribution in [-0.2, 0) is 16.0 Å². The monoisotopic (exact) mass is 236 g/mol. The zero-order chi connectivity index (χ0) is 12.8. The van der Waals surface area contributed by atoms with E-state index in [-0.39, 0.29) is 12.0 Å². The molecular weight excluding hydrogens is 224 g/mol. The molecule has 1 unspecified atom stereocenters. The van der Waals surface area contributed by atoms with Crippen molar-refractivity contribution in [2.24, 2.45) is 0 Å². The molecule has 0 spiro atoms. The van der Waals surface area contributed by atoms with Crippen molar-refractivity contribution >= 4 is 18.5 Å². The Labute approximate surface area is 97.7 Å². The molecule has 0 aromatic heterocycles. The highest BCUT2D eigenvalue weighted by Gasteiger charge is 2.17. The van der Waals surface area contributed by atoms with Crippen LogP contribution in [0.25, 0.3) is 0 Å². The number of aliphatic carboxylic acids is 1. The van der Waals surface area contributed by atoms with Gasteiger partial charge in [0.2, 0.25) is 0 Å². The molecule has 0 saturated carbocycles. The van der Waals surface area contributed by atoms with Crippen LogP contribution in [0.1, 0.15) is 34.0 Å². The average molecular weight is 236 g/mol. The Bertz CT molecular complexity index is 439. The molecule has 0 aliphatic carbocycles. The van der Waals surface area contributed by atoms with E-state index in [2.05, 4.69) is 0 Å². The van der Waals surface area contributed by atoms with Crippen LogP contribution in [0.2, 0.25) is 0 Å². The molecule has 5 heteroatoms. The highest BCUT2D eigenvalue weighted by atomic mass is 16.4. The number of aliphatic hydroxyl groups excluding tert-OH is 1. The first kappa shape index (κ1) is 13.1. The second-order valence-corrected chi connectivity index (χ2v) is 3.52. The van der Waals surface area contributed by atoms with Crippen molar-refractivity contribution in [1.82, 2.24) is 0 Å². The van der Waals surface area contributed by atoms with Crippen LogP contribution < -0.4 is 0 Å². The predicted octanol–water partition coefficient (Wildman–Crippen LogP) is 0.749. The molecule has 1 rings (SSSR count). The zero-order valence-electron chi connectivity index (χ0n) is 9.00. The van der Waals surface area contributed by atoms with E-state index in [4.69, 9.17) is 5.11 Å². The lowest BCUT2D eigenvalue weighted by atomic mass is 9.98. The number of carboxylic acid groups (broad SMARTS) is 1. The van der Waals surface area contributed by atoms with Gasteiger partial charge in [0.1, 0.15) is 12.6 Å². The fourth-order valence-corrected chi connectivity index (χ4v) is 1.48. The molecule has 1 atom stereocenters. The maximum atomic E-state index is 10.7. The molecule has 2 N–H and O–H groups in total. The normalized spacial score (nSPS) is 11.8. The minimum absolute atomic E-state index is 0.198. The molecule has 0 radical (unpaired) electrons. The fraction of sp³-hybridized carbons (Fsp3) is 0.250. The number of rotatable bonds is 6. The second-order valence-electron chi connectivity index (χ2n) is 3.52. The van der Waals surface area contributed by atoms with Crippen LogP contribution in [0.15, 0.2) is 18.2 Å². The number of carboxylic acids is 1. The van der Waals surface area contributed by atoms with Crippen LogP contribution in [0.5, 0.6) is 0 Å². The Morgan fingerprint density at radius 3 is 2.59 bits per heavy atom. The molecule has 0 saturated heterocycles. The van der Waals surface area contributed by atoms with E-state index in [1.54, 1.807) is 0 Å². The molecule has 1 aromatic rings. The third-order valence-corrected chi connectivity index (χ3v) is 2.38. The van der Waals surface area contributed by atoms with E-state index in [9.17, 15) is 19.5 Å². The number of hydrogen-bond donors (Lipinski definition) is 2. The second kappa shape index (κ2) is 5.91. The van der Waals surface area contributed by atoms with Crippen molar-refractivity contribution in [2.75, 3.05) is 0 Å². The SMILES string of the molecule is O=CCCc1cc(C(O)C(=O)O)ccc1C=O. The van der Waals surface area contributed by atoms with Gasteiger partial charge in [0.25, 0.3) is 0 Å². The predicted molar refractivity (Wildman–Crippen MR) is 58.8 cm³/mol. The van der Waals surface area contributed by atoms with Crippen molar-refractivity contribution in [1.29, 1.82) is 0 Å². The lowest BCUT2D eigenvalue weighted by molar-refractivity contribution is -0.146. The Hall–Kier alpha value is -2.01. The number of carbonyl (C=O) groups is 3. The lowest BCUT2D eigenvalue weighted by Crippen LogP contribution is -2.11. The molecule has 0 fully saturated rings. The van der Waals surface area contributed by atoms with E-state index >= 15 is 0 Å². The summed E-state index contributed by atoms with van der Waals surface area (Å²) in [5.41, 5.74) is 1.15. The average Bonchev–Trinajstić information content (AvgIpc) is 2.34. The summed E-state index contributed by atoms with van der Waals surface area (Å²) in [7, 11) is 0. The highest BCUT2D eigenvalue weighted by Crippen LogP contribution is 2.18. The van der Waals surface area contributed by atoms with Gasteiger partial charge in [-0.1, -0.05) is 18.2 Å². The van der Waals surface area contributed by atoms with Gasteiger partial charge >= 0.3 is 5.97 Å². The van der Waals surface area contributed by atoms with Crippen molar-refractivity contribution in [3.63, 3.8) is 0 Å². The smallest absolute Gasteiger partial charge is 0.337 e. The molecule has 0 bridgehead atoms. The summed E-state index contributed by atoms with van der Waals surface area (Å²) in [6, 6.07) is 4.26. The number of aliphatic hydroxyl groups is 1. The summed E-state index contributed by atoms with van der Waals surface area (Å²) in [5, 5.41) is 18.0. The van der Waals surface area contributed by atoms with Crippen molar-refractivity contribution in [2.45, 2.75) is 18.9 Å². The molecule has 0 aliphatic heterocycles. The van der Waals surface area contributed by atoms with Gasteiger partial charge in [0.15, 0.2) is 6.10 Å². The van der Waals surface area contributed by atoms with Gasteiger partial charge in [-0.2, -0.15) is 0 Å². The molecular formula is C12H12O5. The minimum atomic E-state index is -1.62. The van der Waals surface area contributed by atoms with Crippen LogP contribution in [0.4, 0.5) is 0 Å². The molecule has 0 amide bonds. The van der Waals surface area contributed by atoms with Crippen LogP contribution in [-0.4, -0.2) is 28.8 Å². The molecule has 1 aromatic carbocycles. The van der Waals surface area contributed by atoms with E-state index in [0.717, 1.165) is 6.29 Å². The summed E-state index contributed by atoms with van der Waals surface area (Å²) in [4.78, 5) is 31.6. The maximum absolute atomic E-state index is 10.7. The standard InChI is InChI=1S/C12H12O5/c13-5-1-2-8-6-9(11(15)12(16)17)3-4-10(8)7-14/h3-7,11,15H,1-2H2,(H,16,17). The fourth-order valence-electron chi connectivity index (χ4n) is 1.48. The van der Waals surface area contributed by atoms with Gasteiger partial charge in [-0.05, 0) is 17.5 Å². The number of hydrogen-bond acceptors (Lipinski definition) is 4. The Morgan fingerprint density at radius 1 is 1.35 bits per heavy atom. The first-order valence-corrected chi connectivity index (χ1v) is 5.02. The molecule has 90 valence electrons. The minimum Gasteiger partial charge on any atom is -0.479 e. The molecule has 17 heavy (non-hydrogen) atoms. The van der Waals surface area contributed by atoms with E-state index in [1.165, 1.54) is 18.2 Å². The summed E-state index contributed by atoms with van der Waals surface area (Å²) < 4.78 is 0. The van der Waals surface area contributed by atoms with E-state index < -0.39 is 12.1 Å². The zero-order valence-corrected chi connectivity index (χ0v) is 9.00. The summed E-state index contributed by atoms with van der Waals surface area (Å²) >= 11 is 0. The van der Waals surface area contributed by atoms with Gasteiger partial charge in [-0.3, -0.25) is 4.79 Å². The third-order valence-electron chi connectivity index (χ3n) is 2.38. The first-order valence-electron chi connectivity index (χ1n) is 5.02. The van der Waals surface area contributed by atoms with Crippen LogP contribution in [0.3, 0.4) is 0 Å². The molecule has 5 nitrogen and oxygen atoms in total. The third kappa shape index (κ3) is 3.22. The van der Waals surface area contributed by atoms with Crippen molar-refractivity contribution in [3.8, 4) is 0 Å².